The number of methoxy groups -OCH3 is 1. The molecule has 0 aliphatic carbocycles. The van der Waals surface area contributed by atoms with Gasteiger partial charge in [0.1, 0.15) is 0 Å². The zero-order chi connectivity index (χ0) is 18.2. The first kappa shape index (κ1) is 19.3. The van der Waals surface area contributed by atoms with Gasteiger partial charge in [0, 0.05) is 57.4 Å². The number of fused-ring (bicyclic) bond motifs is 1. The van der Waals surface area contributed by atoms with E-state index in [4.69, 9.17) is 19.3 Å². The summed E-state index contributed by atoms with van der Waals surface area (Å²) < 4.78 is 18.2. The van der Waals surface area contributed by atoms with Gasteiger partial charge in [0.05, 0.1) is 32.1 Å². The Morgan fingerprint density at radius 2 is 2.15 bits per heavy atom. The summed E-state index contributed by atoms with van der Waals surface area (Å²) in [6, 6.07) is 0. The van der Waals surface area contributed by atoms with Gasteiger partial charge < -0.3 is 19.5 Å². The number of hydrogen-bond acceptors (Lipinski definition) is 5. The summed E-state index contributed by atoms with van der Waals surface area (Å²) in [7, 11) is 1.70. The maximum absolute atomic E-state index is 12.2. The second-order valence-corrected chi connectivity index (χ2v) is 7.08. The van der Waals surface area contributed by atoms with E-state index in [9.17, 15) is 4.79 Å². The third-order valence-corrected chi connectivity index (χ3v) is 5.29. The maximum atomic E-state index is 12.2. The number of ether oxygens (including phenoxy) is 3. The van der Waals surface area contributed by atoms with E-state index < -0.39 is 0 Å². The highest BCUT2D eigenvalue weighted by Gasteiger charge is 2.21. The summed E-state index contributed by atoms with van der Waals surface area (Å²) >= 11 is 0. The Morgan fingerprint density at radius 1 is 1.31 bits per heavy atom. The van der Waals surface area contributed by atoms with Crippen molar-refractivity contribution in [3.05, 3.63) is 17.0 Å². The van der Waals surface area contributed by atoms with Gasteiger partial charge in [-0.3, -0.25) is 9.48 Å². The second kappa shape index (κ2) is 10.0. The molecule has 0 aromatic carbocycles. The first-order chi connectivity index (χ1) is 12.8. The minimum atomic E-state index is 0.106. The van der Waals surface area contributed by atoms with Crippen LogP contribution in [0.4, 0.5) is 0 Å². The van der Waals surface area contributed by atoms with Crippen LogP contribution in [-0.4, -0.2) is 55.8 Å². The van der Waals surface area contributed by atoms with E-state index in [1.807, 2.05) is 4.68 Å². The number of nitrogens with zero attached hydrogens (tertiary/aromatic N) is 2. The zero-order valence-electron chi connectivity index (χ0n) is 15.8. The lowest BCUT2D eigenvalue weighted by Crippen LogP contribution is -2.27. The van der Waals surface area contributed by atoms with Crippen molar-refractivity contribution < 1.29 is 19.0 Å². The lowest BCUT2D eigenvalue weighted by Gasteiger charge is -2.21. The average molecular weight is 365 g/mol. The van der Waals surface area contributed by atoms with E-state index in [1.54, 1.807) is 7.11 Å². The fourth-order valence-corrected chi connectivity index (χ4v) is 3.71. The van der Waals surface area contributed by atoms with Gasteiger partial charge in [0.15, 0.2) is 0 Å². The molecule has 1 fully saturated rings. The SMILES string of the molecule is COCCn1nc(CCC(=O)NCCC2CCOCC2)c2c1CCOC2. The molecule has 1 saturated heterocycles. The van der Waals surface area contributed by atoms with Gasteiger partial charge in [-0.05, 0) is 25.2 Å². The first-order valence-corrected chi connectivity index (χ1v) is 9.76. The fraction of sp³-hybridized carbons (Fsp3) is 0.789. The van der Waals surface area contributed by atoms with Crippen molar-refractivity contribution in [2.75, 3.05) is 40.1 Å². The Morgan fingerprint density at radius 3 is 2.96 bits per heavy atom. The summed E-state index contributed by atoms with van der Waals surface area (Å²) in [5, 5.41) is 7.77. The Hall–Kier alpha value is -1.44. The lowest BCUT2D eigenvalue weighted by atomic mass is 9.97. The molecule has 1 amide bonds. The van der Waals surface area contributed by atoms with Crippen LogP contribution in [-0.2, 0) is 45.0 Å². The molecule has 1 N–H and O–H groups in total. The van der Waals surface area contributed by atoms with Crippen molar-refractivity contribution in [2.24, 2.45) is 5.92 Å². The molecule has 3 rings (SSSR count). The molecule has 1 aromatic rings. The Bertz CT molecular complexity index is 582. The number of amides is 1. The molecule has 146 valence electrons. The number of rotatable bonds is 9. The van der Waals surface area contributed by atoms with E-state index in [0.717, 1.165) is 64.3 Å². The molecule has 1 aromatic heterocycles. The summed E-state index contributed by atoms with van der Waals surface area (Å²) in [5.41, 5.74) is 3.40. The van der Waals surface area contributed by atoms with E-state index >= 15 is 0 Å². The summed E-state index contributed by atoms with van der Waals surface area (Å²) in [6.45, 7) is 5.19. The molecule has 26 heavy (non-hydrogen) atoms. The van der Waals surface area contributed by atoms with Crippen LogP contribution in [0.2, 0.25) is 0 Å². The number of aryl methyl sites for hydroxylation is 1. The molecule has 0 unspecified atom stereocenters. The molecular weight excluding hydrogens is 334 g/mol. The third kappa shape index (κ3) is 5.28. The molecule has 0 bridgehead atoms. The molecule has 0 radical (unpaired) electrons. The molecule has 2 aliphatic heterocycles. The summed E-state index contributed by atoms with van der Waals surface area (Å²) in [6.07, 6.45) is 5.28. The van der Waals surface area contributed by atoms with E-state index in [-0.39, 0.29) is 5.91 Å². The quantitative estimate of drug-likeness (QED) is 0.717. The van der Waals surface area contributed by atoms with Crippen LogP contribution in [0.3, 0.4) is 0 Å². The van der Waals surface area contributed by atoms with Gasteiger partial charge >= 0.3 is 0 Å². The lowest BCUT2D eigenvalue weighted by molar-refractivity contribution is -0.121. The second-order valence-electron chi connectivity index (χ2n) is 7.08. The molecule has 7 heteroatoms. The zero-order valence-corrected chi connectivity index (χ0v) is 15.8. The molecule has 0 saturated carbocycles. The van der Waals surface area contributed by atoms with Gasteiger partial charge in [-0.1, -0.05) is 0 Å². The molecule has 0 spiro atoms. The Kier molecular flexibility index (Phi) is 7.46. The normalized spacial score (nSPS) is 17.9. The van der Waals surface area contributed by atoms with Crippen LogP contribution >= 0.6 is 0 Å². The highest BCUT2D eigenvalue weighted by atomic mass is 16.5. The molecule has 3 heterocycles. The summed E-state index contributed by atoms with van der Waals surface area (Å²) in [5.74, 6) is 0.790. The van der Waals surface area contributed by atoms with Crippen LogP contribution in [0.5, 0.6) is 0 Å². The van der Waals surface area contributed by atoms with Crippen molar-refractivity contribution in [3.8, 4) is 0 Å². The molecule has 2 aliphatic rings. The van der Waals surface area contributed by atoms with E-state index in [1.165, 1.54) is 11.3 Å². The molecule has 0 atom stereocenters. The van der Waals surface area contributed by atoms with Gasteiger partial charge in [-0.15, -0.1) is 0 Å². The third-order valence-electron chi connectivity index (χ3n) is 5.29. The minimum Gasteiger partial charge on any atom is -0.383 e. The predicted octanol–water partition coefficient (Wildman–Crippen LogP) is 1.47. The smallest absolute Gasteiger partial charge is 0.220 e. The number of hydrogen-bond donors (Lipinski definition) is 1. The minimum absolute atomic E-state index is 0.106. The van der Waals surface area contributed by atoms with Gasteiger partial charge in [-0.2, -0.15) is 5.10 Å². The van der Waals surface area contributed by atoms with Crippen LogP contribution < -0.4 is 5.32 Å². The van der Waals surface area contributed by atoms with Crippen molar-refractivity contribution in [3.63, 3.8) is 0 Å². The number of nitrogens with one attached hydrogen (secondary N) is 1. The predicted molar refractivity (Wildman–Crippen MR) is 97.0 cm³/mol. The average Bonchev–Trinajstić information content (AvgIpc) is 3.03. The van der Waals surface area contributed by atoms with Crippen molar-refractivity contribution in [1.29, 1.82) is 0 Å². The highest BCUT2D eigenvalue weighted by Crippen LogP contribution is 2.22. The summed E-state index contributed by atoms with van der Waals surface area (Å²) in [4.78, 5) is 12.2. The topological polar surface area (TPSA) is 74.6 Å². The monoisotopic (exact) mass is 365 g/mol. The van der Waals surface area contributed by atoms with Crippen molar-refractivity contribution in [2.45, 2.75) is 51.7 Å². The standard InChI is InChI=1S/C19H31N3O4/c1-24-13-9-22-18-7-12-26-14-16(18)17(21-22)2-3-19(23)20-8-4-15-5-10-25-11-6-15/h15H,2-14H2,1H3,(H,20,23). The number of carbonyl (C=O) groups is 1. The molecular formula is C19H31N3O4. The number of carbonyl (C=O) groups excluding carboxylic acids is 1. The van der Waals surface area contributed by atoms with Crippen LogP contribution in [0.25, 0.3) is 0 Å². The molecule has 7 nitrogen and oxygen atoms in total. The van der Waals surface area contributed by atoms with Gasteiger partial charge in [0.2, 0.25) is 5.91 Å². The highest BCUT2D eigenvalue weighted by molar-refractivity contribution is 5.76. The number of aromatic nitrogens is 2. The largest absolute Gasteiger partial charge is 0.383 e. The first-order valence-electron chi connectivity index (χ1n) is 9.76. The van der Waals surface area contributed by atoms with E-state index in [0.29, 0.717) is 32.0 Å². The van der Waals surface area contributed by atoms with Crippen molar-refractivity contribution >= 4 is 5.91 Å². The maximum Gasteiger partial charge on any atom is 0.220 e. The van der Waals surface area contributed by atoms with Crippen LogP contribution in [0.1, 0.15) is 42.6 Å². The van der Waals surface area contributed by atoms with Crippen LogP contribution in [0, 0.1) is 5.92 Å². The Labute approximate surface area is 155 Å². The van der Waals surface area contributed by atoms with Crippen molar-refractivity contribution in [1.82, 2.24) is 15.1 Å². The van der Waals surface area contributed by atoms with Gasteiger partial charge in [-0.25, -0.2) is 0 Å². The van der Waals surface area contributed by atoms with E-state index in [2.05, 4.69) is 5.32 Å². The van der Waals surface area contributed by atoms with Gasteiger partial charge in [0.25, 0.3) is 0 Å². The van der Waals surface area contributed by atoms with Crippen LogP contribution in [0.15, 0.2) is 0 Å². The Balaban J connectivity index is 1.46. The fourth-order valence-electron chi connectivity index (χ4n) is 3.71.